The van der Waals surface area contributed by atoms with E-state index in [9.17, 15) is 9.59 Å². The average Bonchev–Trinajstić information content (AvgIpc) is 2.89. The van der Waals surface area contributed by atoms with Crippen molar-refractivity contribution in [3.63, 3.8) is 0 Å². The number of aromatic nitrogens is 3. The minimum atomic E-state index is -1.17. The van der Waals surface area contributed by atoms with Gasteiger partial charge in [-0.1, -0.05) is 23.4 Å². The molecule has 7 heteroatoms. The standard InChI is InChI=1S/C13H14N4O3/c1-2-17(10-6-4-3-5-7-10)12(18)9-16-8-11(13(19)20)14-15-16/h3-8H,2,9H2,1H3,(H,19,20). The molecule has 0 aliphatic heterocycles. The molecule has 0 saturated heterocycles. The molecule has 1 aromatic heterocycles. The van der Waals surface area contributed by atoms with E-state index in [1.165, 1.54) is 10.9 Å². The van der Waals surface area contributed by atoms with E-state index in [-0.39, 0.29) is 18.1 Å². The summed E-state index contributed by atoms with van der Waals surface area (Å²) in [5, 5.41) is 15.8. The summed E-state index contributed by atoms with van der Waals surface area (Å²) in [5.74, 6) is -1.35. The number of rotatable bonds is 5. The molecule has 0 aliphatic carbocycles. The van der Waals surface area contributed by atoms with Gasteiger partial charge in [0.2, 0.25) is 5.91 Å². The second-order valence-corrected chi connectivity index (χ2v) is 4.08. The average molecular weight is 274 g/mol. The molecule has 2 rings (SSSR count). The van der Waals surface area contributed by atoms with Crippen molar-refractivity contribution in [1.29, 1.82) is 0 Å². The summed E-state index contributed by atoms with van der Waals surface area (Å²) in [5.41, 5.74) is 0.610. The van der Waals surface area contributed by atoms with Gasteiger partial charge in [-0.05, 0) is 19.1 Å². The number of hydrogen-bond acceptors (Lipinski definition) is 4. The highest BCUT2D eigenvalue weighted by Crippen LogP contribution is 2.13. The number of carboxylic acid groups (broad SMARTS) is 1. The Kier molecular flexibility index (Phi) is 4.09. The molecule has 0 spiro atoms. The zero-order valence-corrected chi connectivity index (χ0v) is 10.9. The van der Waals surface area contributed by atoms with Crippen molar-refractivity contribution in [2.75, 3.05) is 11.4 Å². The molecule has 0 bridgehead atoms. The Hall–Kier alpha value is -2.70. The van der Waals surface area contributed by atoms with E-state index in [1.807, 2.05) is 37.3 Å². The molecule has 1 aromatic carbocycles. The topological polar surface area (TPSA) is 88.3 Å². The van der Waals surface area contributed by atoms with Crippen molar-refractivity contribution in [2.45, 2.75) is 13.5 Å². The van der Waals surface area contributed by atoms with Crippen LogP contribution in [0.2, 0.25) is 0 Å². The smallest absolute Gasteiger partial charge is 0.358 e. The van der Waals surface area contributed by atoms with Gasteiger partial charge < -0.3 is 10.0 Å². The number of anilines is 1. The lowest BCUT2D eigenvalue weighted by molar-refractivity contribution is -0.119. The lowest BCUT2D eigenvalue weighted by Gasteiger charge is -2.20. The van der Waals surface area contributed by atoms with Crippen molar-refractivity contribution >= 4 is 17.6 Å². The minimum absolute atomic E-state index is 0.0526. The molecule has 0 saturated carbocycles. The highest BCUT2D eigenvalue weighted by atomic mass is 16.4. The highest BCUT2D eigenvalue weighted by molar-refractivity contribution is 5.93. The van der Waals surface area contributed by atoms with Gasteiger partial charge in [0, 0.05) is 12.2 Å². The second kappa shape index (κ2) is 5.96. The molecule has 0 radical (unpaired) electrons. The summed E-state index contributed by atoms with van der Waals surface area (Å²) in [6.07, 6.45) is 1.24. The van der Waals surface area contributed by atoms with E-state index in [0.29, 0.717) is 6.54 Å². The van der Waals surface area contributed by atoms with Gasteiger partial charge in [-0.3, -0.25) is 4.79 Å². The van der Waals surface area contributed by atoms with Crippen LogP contribution in [0.25, 0.3) is 0 Å². The molecule has 20 heavy (non-hydrogen) atoms. The maximum Gasteiger partial charge on any atom is 0.358 e. The molecule has 1 N–H and O–H groups in total. The quantitative estimate of drug-likeness (QED) is 0.879. The molecule has 2 aromatic rings. The number of carbonyl (C=O) groups is 2. The zero-order chi connectivity index (χ0) is 14.5. The summed E-state index contributed by atoms with van der Waals surface area (Å²) >= 11 is 0. The Labute approximate surface area is 115 Å². The third kappa shape index (κ3) is 3.00. The van der Waals surface area contributed by atoms with E-state index in [0.717, 1.165) is 5.69 Å². The SMILES string of the molecule is CCN(C(=O)Cn1cc(C(=O)O)nn1)c1ccccc1. The maximum atomic E-state index is 12.2. The zero-order valence-electron chi connectivity index (χ0n) is 10.9. The first kappa shape index (κ1) is 13.7. The Balaban J connectivity index is 2.11. The number of benzene rings is 1. The molecule has 0 unspecified atom stereocenters. The number of aromatic carboxylic acids is 1. The van der Waals surface area contributed by atoms with Crippen molar-refractivity contribution < 1.29 is 14.7 Å². The van der Waals surface area contributed by atoms with E-state index in [2.05, 4.69) is 10.3 Å². The van der Waals surface area contributed by atoms with Crippen LogP contribution in [-0.2, 0) is 11.3 Å². The molecule has 0 fully saturated rings. The van der Waals surface area contributed by atoms with Crippen LogP contribution in [-0.4, -0.2) is 38.5 Å². The van der Waals surface area contributed by atoms with Crippen LogP contribution in [0.4, 0.5) is 5.69 Å². The summed E-state index contributed by atoms with van der Waals surface area (Å²) in [6, 6.07) is 9.25. The predicted molar refractivity (Wildman–Crippen MR) is 71.5 cm³/mol. The number of carboxylic acids is 1. The van der Waals surface area contributed by atoms with Crippen molar-refractivity contribution in [3.05, 3.63) is 42.2 Å². The van der Waals surface area contributed by atoms with Gasteiger partial charge in [0.05, 0.1) is 6.20 Å². The first-order valence-electron chi connectivity index (χ1n) is 6.10. The Morgan fingerprint density at radius 3 is 2.55 bits per heavy atom. The molecule has 0 atom stereocenters. The van der Waals surface area contributed by atoms with Crippen LogP contribution in [0.1, 0.15) is 17.4 Å². The van der Waals surface area contributed by atoms with Crippen LogP contribution in [0.15, 0.2) is 36.5 Å². The Bertz CT molecular complexity index is 609. The first-order chi connectivity index (χ1) is 9.61. The van der Waals surface area contributed by atoms with Gasteiger partial charge in [-0.2, -0.15) is 0 Å². The number of para-hydroxylation sites is 1. The highest BCUT2D eigenvalue weighted by Gasteiger charge is 2.16. The summed E-state index contributed by atoms with van der Waals surface area (Å²) < 4.78 is 1.22. The van der Waals surface area contributed by atoms with Crippen LogP contribution in [0.5, 0.6) is 0 Å². The monoisotopic (exact) mass is 274 g/mol. The number of likely N-dealkylation sites (N-methyl/N-ethyl adjacent to an activating group) is 1. The van der Waals surface area contributed by atoms with Crippen LogP contribution < -0.4 is 4.90 Å². The third-order valence-electron chi connectivity index (χ3n) is 2.74. The summed E-state index contributed by atoms with van der Waals surface area (Å²) in [4.78, 5) is 24.5. The lowest BCUT2D eigenvalue weighted by atomic mass is 10.3. The van der Waals surface area contributed by atoms with Crippen molar-refractivity contribution in [2.24, 2.45) is 0 Å². The summed E-state index contributed by atoms with van der Waals surface area (Å²) in [6.45, 7) is 2.33. The second-order valence-electron chi connectivity index (χ2n) is 4.08. The van der Waals surface area contributed by atoms with Gasteiger partial charge in [-0.15, -0.1) is 5.10 Å². The van der Waals surface area contributed by atoms with Gasteiger partial charge in [0.15, 0.2) is 5.69 Å². The molecular formula is C13H14N4O3. The molecule has 104 valence electrons. The Morgan fingerprint density at radius 1 is 1.30 bits per heavy atom. The van der Waals surface area contributed by atoms with Crippen LogP contribution in [0.3, 0.4) is 0 Å². The molecule has 1 heterocycles. The molecule has 1 amide bonds. The lowest BCUT2D eigenvalue weighted by Crippen LogP contribution is -2.33. The van der Waals surface area contributed by atoms with Crippen molar-refractivity contribution in [1.82, 2.24) is 15.0 Å². The third-order valence-corrected chi connectivity index (χ3v) is 2.74. The van der Waals surface area contributed by atoms with Gasteiger partial charge >= 0.3 is 5.97 Å². The summed E-state index contributed by atoms with van der Waals surface area (Å²) in [7, 11) is 0. The predicted octanol–water partition coefficient (Wildman–Crippen LogP) is 1.03. The number of amides is 1. The maximum absolute atomic E-state index is 12.2. The number of nitrogens with zero attached hydrogens (tertiary/aromatic N) is 4. The van der Waals surface area contributed by atoms with E-state index >= 15 is 0 Å². The normalized spacial score (nSPS) is 10.2. The number of hydrogen-bond donors (Lipinski definition) is 1. The number of carbonyl (C=O) groups excluding carboxylic acids is 1. The van der Waals surface area contributed by atoms with Crippen molar-refractivity contribution in [3.8, 4) is 0 Å². The van der Waals surface area contributed by atoms with Gasteiger partial charge in [-0.25, -0.2) is 9.48 Å². The van der Waals surface area contributed by atoms with Crippen LogP contribution >= 0.6 is 0 Å². The molecular weight excluding hydrogens is 260 g/mol. The fraction of sp³-hybridized carbons (Fsp3) is 0.231. The first-order valence-corrected chi connectivity index (χ1v) is 6.10. The van der Waals surface area contributed by atoms with E-state index in [1.54, 1.807) is 4.90 Å². The van der Waals surface area contributed by atoms with E-state index < -0.39 is 5.97 Å². The van der Waals surface area contributed by atoms with Gasteiger partial charge in [0.1, 0.15) is 6.54 Å². The van der Waals surface area contributed by atoms with Gasteiger partial charge in [0.25, 0.3) is 0 Å². The van der Waals surface area contributed by atoms with E-state index in [4.69, 9.17) is 5.11 Å². The Morgan fingerprint density at radius 2 is 2.00 bits per heavy atom. The van der Waals surface area contributed by atoms with Crippen LogP contribution in [0, 0.1) is 0 Å². The molecule has 0 aliphatic rings. The fourth-order valence-corrected chi connectivity index (χ4v) is 1.81. The molecule has 7 nitrogen and oxygen atoms in total. The fourth-order valence-electron chi connectivity index (χ4n) is 1.81. The largest absolute Gasteiger partial charge is 0.476 e. The minimum Gasteiger partial charge on any atom is -0.476 e.